The first-order chi connectivity index (χ1) is 71.7. The number of halogens is 8. The Morgan fingerprint density at radius 3 is 1.07 bits per heavy atom. The highest BCUT2D eigenvalue weighted by Gasteiger charge is 2.46. The van der Waals surface area contributed by atoms with Crippen LogP contribution in [0.4, 0.5) is 50.1 Å². The van der Waals surface area contributed by atoms with Gasteiger partial charge >= 0.3 is 12.4 Å². The van der Waals surface area contributed by atoms with Gasteiger partial charge in [0.25, 0.3) is 0 Å². The largest absolute Gasteiger partial charge is 0.417 e. The Hall–Kier alpha value is -16.2. The van der Waals surface area contributed by atoms with Gasteiger partial charge in [-0.05, 0) is 179 Å². The van der Waals surface area contributed by atoms with E-state index in [2.05, 4.69) is 139 Å². The van der Waals surface area contributed by atoms with Crippen LogP contribution >= 0.6 is 23.2 Å². The summed E-state index contributed by atoms with van der Waals surface area (Å²) >= 11 is 12.2. The molecule has 43 heteroatoms. The SMILES string of the molecule is CC(=O)[C@@H]1CCC[C@H](Nc2ncc(C#N)c(-c3c[nH]c4ncc(C(F)(F)F)cc34)n2)C1.CC(=O)[C@@H]1CCC[C@H](Nc2ncc(C#N)c(-c3c[nH]c4ncc(Cl)cc34)n2)C1.CC(=O)[C@@H]1CCC[C@H](Nc2ncc(C#N)c(-c3c[nH]c4ncccc34)n2)C1.CC(=O)[C@H]1CCCC[C@@H]1Cc1ncc(C#N)c(-c2c[nH]c3ncc(Cl)cc23)n1.CC1(C(=O)N[C@@H]2CCC[C@H](Nc3ncc(C#N)c(-c4c[nH]c5ncc(C(F)(F)F)cc45)n3)C2)CC1. The van der Waals surface area contributed by atoms with Gasteiger partial charge in [0.15, 0.2) is 0 Å². The number of nitrogens with zero attached hydrogens (tertiary/aromatic N) is 20. The van der Waals surface area contributed by atoms with Gasteiger partial charge in [-0.3, -0.25) is 24.0 Å². The van der Waals surface area contributed by atoms with E-state index in [1.807, 2.05) is 43.5 Å². The van der Waals surface area contributed by atoms with Crippen molar-refractivity contribution < 1.29 is 50.3 Å². The van der Waals surface area contributed by atoms with Gasteiger partial charge < -0.3 is 51.5 Å². The van der Waals surface area contributed by atoms with Crippen molar-refractivity contribution in [2.24, 2.45) is 35.0 Å². The zero-order valence-electron chi connectivity index (χ0n) is 81.7. The molecule has 0 spiro atoms. The van der Waals surface area contributed by atoms with Crippen molar-refractivity contribution in [3.05, 3.63) is 184 Å². The topological polar surface area (TPSA) is 537 Å². The summed E-state index contributed by atoms with van der Waals surface area (Å²) in [5, 5.41) is 67.9. The van der Waals surface area contributed by atoms with Crippen molar-refractivity contribution in [2.75, 3.05) is 21.3 Å². The molecule has 0 aliphatic heterocycles. The van der Waals surface area contributed by atoms with Crippen LogP contribution in [0, 0.1) is 91.7 Å². The van der Waals surface area contributed by atoms with Gasteiger partial charge in [-0.15, -0.1) is 0 Å². The van der Waals surface area contributed by atoms with Crippen molar-refractivity contribution in [2.45, 2.75) is 225 Å². The maximum absolute atomic E-state index is 13.2. The molecule has 0 unspecified atom stereocenters. The molecule has 0 bridgehead atoms. The lowest BCUT2D eigenvalue weighted by atomic mass is 9.75. The fraction of sp³-hybridized carbons (Fsp3) is 0.387. The number of alkyl halides is 6. The highest BCUT2D eigenvalue weighted by atomic mass is 35.5. The molecule has 149 heavy (non-hydrogen) atoms. The first-order valence-electron chi connectivity index (χ1n) is 49.2. The lowest BCUT2D eigenvalue weighted by Crippen LogP contribution is -2.44. The van der Waals surface area contributed by atoms with Crippen LogP contribution in [0.5, 0.6) is 0 Å². The standard InChI is InChI=1S/C24H24F3N7O.C21H20ClN5O.C21H19F3N6O.C20H19ClN6O.C20H20N6O/c1-23(5-6-23)21(35)32-15-3-2-4-16(8-15)33-22-31-10-13(9-28)19(34-22)18-12-30-20-17(18)7-14(11-29-20)24(25,26)27;1-12(28)16-5-3-2-4-13(16)6-19-24-9-14(8-23)20(27-19)18-11-26-21-17(18)7-15(22)10-25-21;1-11(31)12-3-2-4-15(5-12)29-20-28-8-13(7-25)18(30-20)17-10-27-19-16(17)6-14(9-26-19)21(22,23)24;1-11(28)12-3-2-4-15(5-12)26-20-25-8-13(7-22)18(27-20)17-10-24-19-16(17)6-14(21)9-23-19;1-12(27)13-4-2-5-15(8-13)25-20-24-10-14(9-21)18(26-20)17-11-23-19-16(17)6-3-7-22-19/h7,10-12,15-16H,2-6,8H2,1H3,(H,29,30)(H,32,35)(H,31,33,34);7,9-11,13,16H,2-6H2,1H3,(H,25,26);6,8-10,12,15H,2-5H2,1H3,(H,26,27)(H,28,29,30);6,8-10,12,15H,2-5H2,1H3,(H,23,24)(H,25,26,27);3,6-7,10-11,13,15H,2,4-5,8H2,1H3,(H,22,23)(H,24,25,26)/t15-,16+;13-,16-;2*12-,15+;13-,15+/m11111/s1. The summed E-state index contributed by atoms with van der Waals surface area (Å²) in [5.41, 5.74) is 7.22. The van der Waals surface area contributed by atoms with Gasteiger partial charge in [0.1, 0.15) is 87.5 Å². The first kappa shape index (κ1) is 104. The normalized spacial score (nSPS) is 19.8. The van der Waals surface area contributed by atoms with Crippen LogP contribution in [0.25, 0.3) is 111 Å². The molecule has 6 fully saturated rings. The molecule has 15 aromatic heterocycles. The van der Waals surface area contributed by atoms with Crippen LogP contribution in [-0.4, -0.2) is 159 Å². The Morgan fingerprint density at radius 1 is 0.383 bits per heavy atom. The van der Waals surface area contributed by atoms with E-state index in [9.17, 15) is 76.6 Å². The molecule has 6 aliphatic rings. The molecular weight excluding hydrogens is 1960 g/mol. The average Bonchev–Trinajstić information content (AvgIpc) is 1.70. The highest BCUT2D eigenvalue weighted by molar-refractivity contribution is 6.31. The fourth-order valence-electron chi connectivity index (χ4n) is 20.2. The van der Waals surface area contributed by atoms with Crippen LogP contribution in [0.3, 0.4) is 0 Å². The second-order valence-corrected chi connectivity index (χ2v) is 39.7. The Balaban J connectivity index is 0.000000127. The number of carbonyl (C=O) groups is 5. The lowest BCUT2D eigenvalue weighted by Gasteiger charge is -2.31. The highest BCUT2D eigenvalue weighted by Crippen LogP contribution is 2.47. The molecule has 15 heterocycles. The zero-order valence-corrected chi connectivity index (χ0v) is 83.2. The maximum Gasteiger partial charge on any atom is 0.417 e. The third kappa shape index (κ3) is 24.5. The number of anilines is 4. The summed E-state index contributed by atoms with van der Waals surface area (Å²) in [6.45, 7) is 8.55. The van der Waals surface area contributed by atoms with Crippen LogP contribution in [-0.2, 0) is 42.7 Å². The van der Waals surface area contributed by atoms with Gasteiger partial charge in [0.05, 0.1) is 102 Å². The van der Waals surface area contributed by atoms with E-state index in [1.54, 1.807) is 77.1 Å². The molecule has 10 N–H and O–H groups in total. The number of aromatic amines is 5. The number of Topliss-reactive ketones (excluding diaryl/α,β-unsaturated/α-hetero) is 4. The Labute approximate surface area is 859 Å². The van der Waals surface area contributed by atoms with Crippen molar-refractivity contribution in [1.29, 1.82) is 26.3 Å². The summed E-state index contributed by atoms with van der Waals surface area (Å²) in [7, 11) is 0. The number of H-pyrrole nitrogens is 5. The smallest absolute Gasteiger partial charge is 0.353 e. The van der Waals surface area contributed by atoms with E-state index in [0.29, 0.717) is 103 Å². The lowest BCUT2D eigenvalue weighted by molar-refractivity contribution is -0.138. The van der Waals surface area contributed by atoms with Crippen molar-refractivity contribution in [3.8, 4) is 86.6 Å². The maximum atomic E-state index is 13.2. The molecule has 1 amide bonds. The van der Waals surface area contributed by atoms with Crippen LogP contribution < -0.4 is 26.6 Å². The number of rotatable bonds is 21. The summed E-state index contributed by atoms with van der Waals surface area (Å²) in [4.78, 5) is 139. The summed E-state index contributed by atoms with van der Waals surface area (Å²) in [6, 6.07) is 20.3. The summed E-state index contributed by atoms with van der Waals surface area (Å²) < 4.78 is 79.2. The number of hydrogen-bond donors (Lipinski definition) is 10. The molecule has 0 radical (unpaired) electrons. The third-order valence-electron chi connectivity index (χ3n) is 28.5. The summed E-state index contributed by atoms with van der Waals surface area (Å²) in [5.74, 6) is 3.63. The minimum absolute atomic E-state index is 0.00454. The number of aromatic nitrogens is 20. The number of carbonyl (C=O) groups excluding carboxylic acids is 5. The summed E-state index contributed by atoms with van der Waals surface area (Å²) in [6.07, 6.45) is 33.8. The molecule has 10 atom stereocenters. The second kappa shape index (κ2) is 45.4. The molecule has 0 saturated heterocycles. The van der Waals surface area contributed by atoms with E-state index < -0.39 is 23.5 Å². The molecule has 6 aliphatic carbocycles. The van der Waals surface area contributed by atoms with Gasteiger partial charge in [0, 0.05) is 189 Å². The number of nitrogens with one attached hydrogen (secondary N) is 10. The third-order valence-corrected chi connectivity index (χ3v) is 29.0. The molecule has 6 saturated carbocycles. The minimum Gasteiger partial charge on any atom is -0.353 e. The Kier molecular flexibility index (Phi) is 31.8. The van der Waals surface area contributed by atoms with Crippen molar-refractivity contribution in [3.63, 3.8) is 0 Å². The molecule has 21 rings (SSSR count). The van der Waals surface area contributed by atoms with E-state index >= 15 is 0 Å². The number of nitriles is 5. The van der Waals surface area contributed by atoms with Gasteiger partial charge in [0.2, 0.25) is 29.7 Å². The van der Waals surface area contributed by atoms with Crippen LogP contribution in [0.1, 0.15) is 221 Å². The number of fused-ring (bicyclic) bond motifs is 5. The predicted molar refractivity (Wildman–Crippen MR) is 544 cm³/mol. The van der Waals surface area contributed by atoms with Gasteiger partial charge in [-0.25, -0.2) is 74.8 Å². The molecule has 35 nitrogen and oxygen atoms in total. The Morgan fingerprint density at radius 2 is 0.711 bits per heavy atom. The minimum atomic E-state index is -4.55. The second-order valence-electron chi connectivity index (χ2n) is 38.8. The van der Waals surface area contributed by atoms with E-state index in [4.69, 9.17) is 28.2 Å². The molecule has 762 valence electrons. The number of hydrogen-bond acceptors (Lipinski definition) is 29. The molecular formula is C106H102Cl2F6N30O5. The predicted octanol–water partition coefficient (Wildman–Crippen LogP) is 21.1. The fourth-order valence-corrected chi connectivity index (χ4v) is 20.5. The molecule has 0 aromatic carbocycles. The van der Waals surface area contributed by atoms with E-state index in [1.165, 1.54) is 31.0 Å². The van der Waals surface area contributed by atoms with E-state index in [-0.39, 0.29) is 151 Å². The average molecular weight is 2060 g/mol. The van der Waals surface area contributed by atoms with Crippen LogP contribution in [0.15, 0.2) is 129 Å². The zero-order chi connectivity index (χ0) is 105. The van der Waals surface area contributed by atoms with E-state index in [0.717, 1.165) is 191 Å². The first-order valence-corrected chi connectivity index (χ1v) is 50.0. The van der Waals surface area contributed by atoms with Gasteiger partial charge in [-0.2, -0.15) is 52.7 Å². The number of amides is 1. The van der Waals surface area contributed by atoms with Crippen LogP contribution in [0.2, 0.25) is 10.0 Å². The van der Waals surface area contributed by atoms with Crippen molar-refractivity contribution >= 4 is 131 Å². The quantitative estimate of drug-likeness (QED) is 0.0299. The van der Waals surface area contributed by atoms with Crippen molar-refractivity contribution in [1.82, 2.24) is 105 Å². The molecule has 15 aromatic rings. The number of ketones is 4. The van der Waals surface area contributed by atoms with Gasteiger partial charge in [-0.1, -0.05) is 62.2 Å². The Bertz CT molecular complexity index is 7810. The monoisotopic (exact) mass is 2060 g/mol. The number of pyridine rings is 5.